The highest BCUT2D eigenvalue weighted by Crippen LogP contribution is 2.31. The molecule has 0 aliphatic carbocycles. The number of hydrogen-bond acceptors (Lipinski definition) is 4. The van der Waals surface area contributed by atoms with Gasteiger partial charge in [-0.2, -0.15) is 18.3 Å². The van der Waals surface area contributed by atoms with Gasteiger partial charge in [0.15, 0.2) is 11.5 Å². The van der Waals surface area contributed by atoms with Gasteiger partial charge in [0.2, 0.25) is 0 Å². The number of carbonyl (C=O) groups is 1. The highest BCUT2D eigenvalue weighted by molar-refractivity contribution is 5.97. The van der Waals surface area contributed by atoms with Crippen molar-refractivity contribution in [1.29, 1.82) is 0 Å². The second-order valence-corrected chi connectivity index (χ2v) is 7.87. The van der Waals surface area contributed by atoms with Gasteiger partial charge in [-0.3, -0.25) is 9.48 Å². The van der Waals surface area contributed by atoms with Gasteiger partial charge >= 0.3 is 6.18 Å². The molecule has 178 valence electrons. The fourth-order valence-corrected chi connectivity index (χ4v) is 3.68. The van der Waals surface area contributed by atoms with Gasteiger partial charge in [0.05, 0.1) is 23.1 Å². The van der Waals surface area contributed by atoms with Crippen LogP contribution in [0.2, 0.25) is 0 Å². The van der Waals surface area contributed by atoms with E-state index >= 15 is 0 Å². The highest BCUT2D eigenvalue weighted by atomic mass is 19.4. The number of ketones is 1. The first-order valence-corrected chi connectivity index (χ1v) is 10.9. The van der Waals surface area contributed by atoms with Crippen molar-refractivity contribution in [3.63, 3.8) is 0 Å². The summed E-state index contributed by atoms with van der Waals surface area (Å²) < 4.78 is 55.2. The van der Waals surface area contributed by atoms with Crippen LogP contribution in [0.1, 0.15) is 33.9 Å². The number of nitrogens with zero attached hydrogens (tertiary/aromatic N) is 3. The number of H-pyrrole nitrogens is 1. The maximum absolute atomic E-state index is 13.8. The van der Waals surface area contributed by atoms with E-state index in [1.54, 1.807) is 6.07 Å². The van der Waals surface area contributed by atoms with Gasteiger partial charge in [-0.05, 0) is 30.2 Å². The van der Waals surface area contributed by atoms with Gasteiger partial charge < -0.3 is 10.3 Å². The van der Waals surface area contributed by atoms with Crippen molar-refractivity contribution in [3.05, 3.63) is 83.2 Å². The quantitative estimate of drug-likeness (QED) is 0.201. The van der Waals surface area contributed by atoms with Crippen molar-refractivity contribution in [2.75, 3.05) is 13.1 Å². The van der Waals surface area contributed by atoms with Gasteiger partial charge in [-0.25, -0.2) is 9.37 Å². The van der Waals surface area contributed by atoms with Crippen LogP contribution in [-0.2, 0) is 25.6 Å². The number of hydrogen-bond donors (Lipinski definition) is 2. The molecule has 0 aliphatic rings. The second-order valence-electron chi connectivity index (χ2n) is 7.87. The van der Waals surface area contributed by atoms with E-state index < -0.39 is 29.0 Å². The van der Waals surface area contributed by atoms with E-state index in [0.29, 0.717) is 19.5 Å². The Hall–Kier alpha value is -3.53. The molecule has 0 bridgehead atoms. The van der Waals surface area contributed by atoms with Gasteiger partial charge in [0, 0.05) is 32.1 Å². The van der Waals surface area contributed by atoms with Gasteiger partial charge in [0.25, 0.3) is 0 Å². The van der Waals surface area contributed by atoms with Crippen molar-refractivity contribution in [1.82, 2.24) is 25.1 Å². The lowest BCUT2D eigenvalue weighted by Gasteiger charge is -2.06. The van der Waals surface area contributed by atoms with Crippen molar-refractivity contribution in [3.8, 4) is 0 Å². The third-order valence-corrected chi connectivity index (χ3v) is 5.40. The molecular formula is C24H23F4N5O. The van der Waals surface area contributed by atoms with Gasteiger partial charge in [-0.15, -0.1) is 0 Å². The molecule has 0 aliphatic heterocycles. The van der Waals surface area contributed by atoms with Crippen LogP contribution in [0.4, 0.5) is 17.6 Å². The normalized spacial score (nSPS) is 11.9. The summed E-state index contributed by atoms with van der Waals surface area (Å²) in [5.41, 5.74) is 0.395. The van der Waals surface area contributed by atoms with E-state index in [-0.39, 0.29) is 24.9 Å². The smallest absolute Gasteiger partial charge is 0.342 e. The molecule has 4 aromatic rings. The number of carbonyl (C=O) groups excluding carboxylic acids is 1. The average molecular weight is 473 g/mol. The molecule has 0 amide bonds. The Labute approximate surface area is 193 Å². The number of halogens is 4. The first-order valence-electron chi connectivity index (χ1n) is 10.9. The van der Waals surface area contributed by atoms with Gasteiger partial charge in [0.1, 0.15) is 11.6 Å². The van der Waals surface area contributed by atoms with Crippen LogP contribution in [0.3, 0.4) is 0 Å². The summed E-state index contributed by atoms with van der Waals surface area (Å²) in [5, 5.41) is 6.75. The molecule has 2 heterocycles. The fourth-order valence-electron chi connectivity index (χ4n) is 3.68. The summed E-state index contributed by atoms with van der Waals surface area (Å²) in [5.74, 6) is -0.398. The van der Waals surface area contributed by atoms with Crippen LogP contribution in [-0.4, -0.2) is 38.6 Å². The molecule has 2 aromatic heterocycles. The Bertz CT molecular complexity index is 1240. The number of para-hydroxylation sites is 2. The number of fused-ring (bicyclic) bond motifs is 1. The molecule has 4 rings (SSSR count). The van der Waals surface area contributed by atoms with E-state index in [2.05, 4.69) is 20.4 Å². The number of benzene rings is 2. The largest absolute Gasteiger partial charge is 0.435 e. The number of imidazole rings is 1. The summed E-state index contributed by atoms with van der Waals surface area (Å²) in [6.07, 6.45) is -3.25. The third kappa shape index (κ3) is 5.69. The van der Waals surface area contributed by atoms with E-state index in [1.165, 1.54) is 18.2 Å². The lowest BCUT2D eigenvalue weighted by Crippen LogP contribution is -2.23. The summed E-state index contributed by atoms with van der Waals surface area (Å²) in [4.78, 5) is 20.2. The number of nitrogens with one attached hydrogen (secondary N) is 2. The summed E-state index contributed by atoms with van der Waals surface area (Å²) in [6, 6.07) is 13.6. The summed E-state index contributed by atoms with van der Waals surface area (Å²) in [6.45, 7) is 1.09. The lowest BCUT2D eigenvalue weighted by molar-refractivity contribution is -0.141. The first kappa shape index (κ1) is 23.6. The Kier molecular flexibility index (Phi) is 7.06. The molecule has 0 radical (unpaired) electrons. The number of alkyl halides is 3. The van der Waals surface area contributed by atoms with Crippen LogP contribution in [0.25, 0.3) is 11.0 Å². The average Bonchev–Trinajstić information content (AvgIpc) is 3.42. The second kappa shape index (κ2) is 10.2. The Morgan fingerprint density at radius 3 is 2.56 bits per heavy atom. The molecule has 2 N–H and O–H groups in total. The van der Waals surface area contributed by atoms with Crippen LogP contribution in [0.5, 0.6) is 0 Å². The van der Waals surface area contributed by atoms with E-state index in [4.69, 9.17) is 0 Å². The predicted octanol–water partition coefficient (Wildman–Crippen LogP) is 4.57. The van der Waals surface area contributed by atoms with Crippen LogP contribution >= 0.6 is 0 Å². The molecule has 10 heteroatoms. The number of aromatic nitrogens is 4. The number of rotatable bonds is 10. The highest BCUT2D eigenvalue weighted by Gasteiger charge is 2.38. The first-order chi connectivity index (χ1) is 16.3. The zero-order valence-electron chi connectivity index (χ0n) is 18.2. The van der Waals surface area contributed by atoms with E-state index in [1.807, 2.05) is 24.3 Å². The van der Waals surface area contributed by atoms with Crippen LogP contribution in [0, 0.1) is 5.82 Å². The molecule has 0 saturated carbocycles. The van der Waals surface area contributed by atoms with E-state index in [9.17, 15) is 22.4 Å². The third-order valence-electron chi connectivity index (χ3n) is 5.40. The number of aromatic amines is 1. The zero-order valence-corrected chi connectivity index (χ0v) is 18.2. The minimum absolute atomic E-state index is 0.0112. The fraction of sp³-hybridized carbons (Fsp3) is 0.292. The minimum atomic E-state index is -4.76. The maximum atomic E-state index is 13.8. The molecule has 34 heavy (non-hydrogen) atoms. The molecule has 0 fully saturated rings. The monoisotopic (exact) mass is 473 g/mol. The van der Waals surface area contributed by atoms with Crippen molar-refractivity contribution < 1.29 is 22.4 Å². The minimum Gasteiger partial charge on any atom is -0.342 e. The lowest BCUT2D eigenvalue weighted by atomic mass is 10.0. The van der Waals surface area contributed by atoms with Crippen molar-refractivity contribution in [2.45, 2.75) is 32.0 Å². The maximum Gasteiger partial charge on any atom is 0.435 e. The van der Waals surface area contributed by atoms with E-state index in [0.717, 1.165) is 27.7 Å². The zero-order chi connectivity index (χ0) is 24.1. The van der Waals surface area contributed by atoms with Crippen molar-refractivity contribution >= 4 is 16.8 Å². The molecule has 0 unspecified atom stereocenters. The standard InChI is InChI=1S/C24H23F4N5O/c25-18-6-2-1-5-16(18)9-10-21(34)17-15-33(32-23(17)24(26,27)28)14-13-29-12-11-22-30-19-7-3-4-8-20(19)31-22/h1-8,15,29H,9-14H2,(H,30,31). The Balaban J connectivity index is 1.32. The molecule has 0 saturated heterocycles. The number of Topliss-reactive ketones (excluding diaryl/α,β-unsaturated/α-hetero) is 1. The molecule has 0 atom stereocenters. The predicted molar refractivity (Wildman–Crippen MR) is 119 cm³/mol. The summed E-state index contributed by atoms with van der Waals surface area (Å²) >= 11 is 0. The topological polar surface area (TPSA) is 75.6 Å². The van der Waals surface area contributed by atoms with Gasteiger partial charge in [-0.1, -0.05) is 30.3 Å². The molecule has 2 aromatic carbocycles. The Morgan fingerprint density at radius 1 is 1.03 bits per heavy atom. The summed E-state index contributed by atoms with van der Waals surface area (Å²) in [7, 11) is 0. The van der Waals surface area contributed by atoms with Crippen LogP contribution < -0.4 is 5.32 Å². The Morgan fingerprint density at radius 2 is 1.79 bits per heavy atom. The molecule has 0 spiro atoms. The van der Waals surface area contributed by atoms with Crippen LogP contribution in [0.15, 0.2) is 54.7 Å². The SMILES string of the molecule is O=C(CCc1ccccc1F)c1cn(CCNCCc2nc3ccccc3[nH]2)nc1C(F)(F)F. The number of aryl methyl sites for hydroxylation is 1. The van der Waals surface area contributed by atoms with Crippen molar-refractivity contribution in [2.24, 2.45) is 0 Å². The molecule has 6 nitrogen and oxygen atoms in total. The molecular weight excluding hydrogens is 450 g/mol.